The van der Waals surface area contributed by atoms with Crippen LogP contribution in [0.15, 0.2) is 36.5 Å². The third-order valence-corrected chi connectivity index (χ3v) is 13.9. The first-order chi connectivity index (χ1) is 32.0. The van der Waals surface area contributed by atoms with Crippen LogP contribution in [0.1, 0.15) is 271 Å². The van der Waals surface area contributed by atoms with E-state index >= 15 is 0 Å². The van der Waals surface area contributed by atoms with Crippen molar-refractivity contribution in [1.29, 1.82) is 0 Å². The number of nitrogens with zero attached hydrogens (tertiary/aromatic N) is 1. The van der Waals surface area contributed by atoms with Crippen molar-refractivity contribution < 1.29 is 32.9 Å². The first kappa shape index (κ1) is 64.7. The van der Waals surface area contributed by atoms with Gasteiger partial charge in [-0.15, -0.1) is 0 Å². The number of rotatable bonds is 52. The first-order valence-electron chi connectivity index (χ1n) is 28.4. The summed E-state index contributed by atoms with van der Waals surface area (Å²) in [6.45, 7) is 4.79. The minimum absolute atomic E-state index is 0.0708. The summed E-state index contributed by atoms with van der Waals surface area (Å²) < 4.78 is 23.7. The minimum atomic E-state index is -4.33. The van der Waals surface area contributed by atoms with Crippen molar-refractivity contribution in [3.05, 3.63) is 36.5 Å². The molecule has 3 unspecified atom stereocenters. The Hall–Kier alpha value is -1.28. The number of likely N-dealkylation sites (N-methyl/N-ethyl adjacent to an activating group) is 1. The number of carbonyl (C=O) groups is 1. The Balaban J connectivity index is 4.08. The average Bonchev–Trinajstić information content (AvgIpc) is 3.28. The third-order valence-electron chi connectivity index (χ3n) is 12.9. The van der Waals surface area contributed by atoms with Gasteiger partial charge in [-0.2, -0.15) is 0 Å². The van der Waals surface area contributed by atoms with Crippen molar-refractivity contribution in [2.24, 2.45) is 0 Å². The van der Waals surface area contributed by atoms with E-state index in [1.165, 1.54) is 167 Å². The van der Waals surface area contributed by atoms with Crippen molar-refractivity contribution in [2.45, 2.75) is 283 Å². The molecule has 0 saturated heterocycles. The molecule has 390 valence electrons. The van der Waals surface area contributed by atoms with E-state index in [1.807, 2.05) is 21.1 Å². The Morgan fingerprint density at radius 3 is 1.33 bits per heavy atom. The van der Waals surface area contributed by atoms with E-state index in [4.69, 9.17) is 9.05 Å². The molecule has 0 aliphatic heterocycles. The van der Waals surface area contributed by atoms with Gasteiger partial charge in [0.25, 0.3) is 0 Å². The molecule has 1 amide bonds. The molecule has 0 aromatic rings. The molecule has 0 spiro atoms. The van der Waals surface area contributed by atoms with Gasteiger partial charge in [0.2, 0.25) is 5.91 Å². The van der Waals surface area contributed by atoms with Crippen LogP contribution < -0.4 is 5.32 Å². The second-order valence-corrected chi connectivity index (χ2v) is 22.1. The number of aliphatic hydroxyl groups excluding tert-OH is 1. The molecule has 9 heteroatoms. The van der Waals surface area contributed by atoms with E-state index in [-0.39, 0.29) is 19.1 Å². The summed E-state index contributed by atoms with van der Waals surface area (Å²) in [4.78, 5) is 23.3. The van der Waals surface area contributed by atoms with E-state index in [2.05, 4.69) is 55.6 Å². The van der Waals surface area contributed by atoms with Crippen LogP contribution in [0.5, 0.6) is 0 Å². The molecule has 0 aromatic carbocycles. The van der Waals surface area contributed by atoms with Crippen LogP contribution in [-0.4, -0.2) is 73.4 Å². The van der Waals surface area contributed by atoms with Crippen molar-refractivity contribution in [2.75, 3.05) is 40.9 Å². The van der Waals surface area contributed by atoms with Crippen LogP contribution in [-0.2, 0) is 18.4 Å². The zero-order chi connectivity index (χ0) is 48.5. The molecule has 0 heterocycles. The number of nitrogens with one attached hydrogen (secondary N) is 1. The summed E-state index contributed by atoms with van der Waals surface area (Å²) in [5.74, 6) is -0.159. The summed E-state index contributed by atoms with van der Waals surface area (Å²) >= 11 is 0. The second-order valence-electron chi connectivity index (χ2n) is 20.6. The molecule has 0 aromatic heterocycles. The van der Waals surface area contributed by atoms with Crippen LogP contribution in [0, 0.1) is 0 Å². The predicted molar refractivity (Wildman–Crippen MR) is 286 cm³/mol. The fraction of sp³-hybridized carbons (Fsp3) is 0.877. The van der Waals surface area contributed by atoms with Gasteiger partial charge in [0.15, 0.2) is 0 Å². The van der Waals surface area contributed by atoms with Crippen LogP contribution in [0.25, 0.3) is 0 Å². The molecule has 0 saturated carbocycles. The maximum Gasteiger partial charge on any atom is 0.472 e. The highest BCUT2D eigenvalue weighted by molar-refractivity contribution is 7.47. The van der Waals surface area contributed by atoms with Crippen LogP contribution in [0.3, 0.4) is 0 Å². The zero-order valence-electron chi connectivity index (χ0n) is 44.4. The fourth-order valence-corrected chi connectivity index (χ4v) is 9.21. The smallest absolute Gasteiger partial charge is 0.391 e. The molecule has 3 N–H and O–H groups in total. The Kier molecular flexibility index (Phi) is 47.8. The summed E-state index contributed by atoms with van der Waals surface area (Å²) in [6, 6.07) is -0.770. The van der Waals surface area contributed by atoms with Crippen molar-refractivity contribution in [3.8, 4) is 0 Å². The molecular formula is C57H112N2O6P+. The number of phosphoric acid groups is 1. The van der Waals surface area contributed by atoms with Gasteiger partial charge in [-0.25, -0.2) is 4.57 Å². The molecule has 66 heavy (non-hydrogen) atoms. The number of aliphatic hydroxyl groups is 1. The number of carbonyl (C=O) groups excluding carboxylic acids is 1. The zero-order valence-corrected chi connectivity index (χ0v) is 45.3. The van der Waals surface area contributed by atoms with Crippen LogP contribution in [0.4, 0.5) is 0 Å². The van der Waals surface area contributed by atoms with Gasteiger partial charge >= 0.3 is 7.82 Å². The molecule has 0 fully saturated rings. The number of quaternary nitrogens is 1. The lowest BCUT2D eigenvalue weighted by Gasteiger charge is -2.26. The van der Waals surface area contributed by atoms with Gasteiger partial charge in [0.05, 0.1) is 39.9 Å². The van der Waals surface area contributed by atoms with Crippen molar-refractivity contribution in [3.63, 3.8) is 0 Å². The lowest BCUT2D eigenvalue weighted by atomic mass is 10.0. The average molecular weight is 953 g/mol. The van der Waals surface area contributed by atoms with Gasteiger partial charge in [-0.1, -0.05) is 256 Å². The highest BCUT2D eigenvalue weighted by Gasteiger charge is 2.28. The summed E-state index contributed by atoms with van der Waals surface area (Å²) in [5.41, 5.74) is 0. The Labute approximate surface area is 410 Å². The molecule has 0 bridgehead atoms. The van der Waals surface area contributed by atoms with Gasteiger partial charge in [-0.05, 0) is 44.9 Å². The van der Waals surface area contributed by atoms with E-state index in [1.54, 1.807) is 0 Å². The Morgan fingerprint density at radius 2 is 0.909 bits per heavy atom. The fourth-order valence-electron chi connectivity index (χ4n) is 8.48. The van der Waals surface area contributed by atoms with Crippen molar-refractivity contribution in [1.82, 2.24) is 5.32 Å². The molecule has 0 rings (SSSR count). The number of amides is 1. The van der Waals surface area contributed by atoms with Crippen molar-refractivity contribution >= 4 is 13.7 Å². The molecule has 0 aliphatic rings. The Bertz CT molecular complexity index is 1170. The molecule has 0 aliphatic carbocycles. The number of hydrogen-bond donors (Lipinski definition) is 3. The molecular weight excluding hydrogens is 840 g/mol. The lowest BCUT2D eigenvalue weighted by molar-refractivity contribution is -0.870. The van der Waals surface area contributed by atoms with E-state index in [0.717, 1.165) is 77.0 Å². The summed E-state index contributed by atoms with van der Waals surface area (Å²) in [5, 5.41) is 14.0. The number of phosphoric ester groups is 1. The number of unbranched alkanes of at least 4 members (excludes halogenated alkanes) is 33. The summed E-state index contributed by atoms with van der Waals surface area (Å²) in [6.07, 6.45) is 62.1. The van der Waals surface area contributed by atoms with E-state index < -0.39 is 20.0 Å². The SMILES string of the molecule is CC/C=C\C/C=C\C/C=C\CCCCCCCC(=O)NC(COP(=O)(O)OCC[N+](C)(C)C)C(O)CCCCCCCCCCCCCCCCCCCCCCCCCCCCCCC. The standard InChI is InChI=1S/C57H111N2O6P/c1-6-8-10-12-14-16-18-20-22-23-24-25-26-27-28-29-30-31-32-33-34-35-37-38-40-42-44-46-48-50-56(60)55(54-65-66(62,63)64-53-52-59(3,4)5)58-57(61)51-49-47-45-43-41-39-36-21-19-17-15-13-11-9-7-2/h9,11,15,17,21,36,55-56,60H,6-8,10,12-14,16,18-20,22-35,37-54H2,1-5H3,(H-,58,61,62,63)/p+1/b11-9-,17-15-,36-21-. The van der Waals surface area contributed by atoms with Gasteiger partial charge < -0.3 is 19.8 Å². The molecule has 0 radical (unpaired) electrons. The highest BCUT2D eigenvalue weighted by Crippen LogP contribution is 2.43. The minimum Gasteiger partial charge on any atom is -0.391 e. The topological polar surface area (TPSA) is 105 Å². The first-order valence-corrected chi connectivity index (χ1v) is 29.8. The number of allylic oxidation sites excluding steroid dienone is 6. The molecule has 3 atom stereocenters. The van der Waals surface area contributed by atoms with Gasteiger partial charge in [0, 0.05) is 6.42 Å². The monoisotopic (exact) mass is 952 g/mol. The molecule has 8 nitrogen and oxygen atoms in total. The van der Waals surface area contributed by atoms with Crippen LogP contribution in [0.2, 0.25) is 0 Å². The highest BCUT2D eigenvalue weighted by atomic mass is 31.2. The Morgan fingerprint density at radius 1 is 0.530 bits per heavy atom. The normalized spacial score (nSPS) is 14.2. The number of hydrogen-bond acceptors (Lipinski definition) is 5. The predicted octanol–water partition coefficient (Wildman–Crippen LogP) is 17.0. The largest absolute Gasteiger partial charge is 0.472 e. The van der Waals surface area contributed by atoms with Crippen LogP contribution >= 0.6 is 7.82 Å². The summed E-state index contributed by atoms with van der Waals surface area (Å²) in [7, 11) is 1.61. The van der Waals surface area contributed by atoms with Gasteiger partial charge in [-0.3, -0.25) is 13.8 Å². The second kappa shape index (κ2) is 48.7. The van der Waals surface area contributed by atoms with Gasteiger partial charge in [0.1, 0.15) is 13.2 Å². The maximum absolute atomic E-state index is 12.9. The third kappa shape index (κ3) is 50.6. The lowest BCUT2D eigenvalue weighted by Crippen LogP contribution is -2.46. The quantitative estimate of drug-likeness (QED) is 0.0243. The van der Waals surface area contributed by atoms with E-state index in [9.17, 15) is 19.4 Å². The van der Waals surface area contributed by atoms with E-state index in [0.29, 0.717) is 23.9 Å². The maximum atomic E-state index is 12.9.